The Kier molecular flexibility index (Phi) is 3.59. The summed E-state index contributed by atoms with van der Waals surface area (Å²) in [4.78, 5) is 12.4. The number of nitrogens with zero attached hydrogens (tertiary/aromatic N) is 1. The van der Waals surface area contributed by atoms with E-state index < -0.39 is 42.7 Å². The average molecular weight is 288 g/mol. The SMILES string of the molecule is C=C1NC(=O)C=CN1[C@@H]1O[C@@](CO)(CF)[C@@H](O)[C@@]1(C)O. The quantitative estimate of drug-likeness (QED) is 0.508. The fourth-order valence-corrected chi connectivity index (χ4v) is 2.39. The van der Waals surface area contributed by atoms with Crippen molar-refractivity contribution in [3.8, 4) is 0 Å². The van der Waals surface area contributed by atoms with Crippen LogP contribution in [0.3, 0.4) is 0 Å². The van der Waals surface area contributed by atoms with Gasteiger partial charge in [0.05, 0.1) is 6.61 Å². The summed E-state index contributed by atoms with van der Waals surface area (Å²) in [7, 11) is 0. The Morgan fingerprint density at radius 2 is 2.30 bits per heavy atom. The maximum absolute atomic E-state index is 13.2. The van der Waals surface area contributed by atoms with Crippen LogP contribution in [-0.2, 0) is 9.53 Å². The minimum Gasteiger partial charge on any atom is -0.393 e. The van der Waals surface area contributed by atoms with E-state index in [0.29, 0.717) is 0 Å². The predicted octanol–water partition coefficient (Wildman–Crippen LogP) is -1.43. The maximum atomic E-state index is 13.2. The molecular weight excluding hydrogens is 271 g/mol. The van der Waals surface area contributed by atoms with Crippen LogP contribution in [0.15, 0.2) is 24.7 Å². The molecule has 0 radical (unpaired) electrons. The van der Waals surface area contributed by atoms with Gasteiger partial charge in [-0.3, -0.25) is 4.79 Å². The second kappa shape index (κ2) is 4.81. The molecule has 1 fully saturated rings. The molecule has 1 saturated heterocycles. The van der Waals surface area contributed by atoms with Gasteiger partial charge in [0.1, 0.15) is 24.2 Å². The molecule has 4 N–H and O–H groups in total. The van der Waals surface area contributed by atoms with Crippen molar-refractivity contribution in [2.45, 2.75) is 30.5 Å². The number of alkyl halides is 1. The highest BCUT2D eigenvalue weighted by molar-refractivity contribution is 5.89. The van der Waals surface area contributed by atoms with Gasteiger partial charge in [-0.05, 0) is 6.92 Å². The van der Waals surface area contributed by atoms with Crippen LogP contribution in [0.25, 0.3) is 0 Å². The average Bonchev–Trinajstić information content (AvgIpc) is 2.60. The molecule has 0 saturated carbocycles. The Labute approximate surface area is 114 Å². The number of ether oxygens (including phenoxy) is 1. The zero-order chi connectivity index (χ0) is 15.1. The highest BCUT2D eigenvalue weighted by atomic mass is 19.1. The Balaban J connectivity index is 2.35. The molecule has 2 rings (SSSR count). The second-order valence-corrected chi connectivity index (χ2v) is 5.11. The van der Waals surface area contributed by atoms with Gasteiger partial charge in [0.25, 0.3) is 5.91 Å². The van der Waals surface area contributed by atoms with Crippen molar-refractivity contribution >= 4 is 5.91 Å². The number of rotatable bonds is 3. The number of nitrogens with one attached hydrogen (secondary N) is 1. The van der Waals surface area contributed by atoms with E-state index in [1.165, 1.54) is 24.1 Å². The molecule has 0 aromatic carbocycles. The number of aliphatic hydroxyl groups is 3. The van der Waals surface area contributed by atoms with Gasteiger partial charge >= 0.3 is 0 Å². The fourth-order valence-electron chi connectivity index (χ4n) is 2.39. The zero-order valence-corrected chi connectivity index (χ0v) is 10.9. The van der Waals surface area contributed by atoms with Gasteiger partial charge in [-0.2, -0.15) is 0 Å². The molecular formula is C12H17FN2O5. The van der Waals surface area contributed by atoms with E-state index in [4.69, 9.17) is 4.74 Å². The summed E-state index contributed by atoms with van der Waals surface area (Å²) in [5.74, 6) is -0.286. The highest BCUT2D eigenvalue weighted by Gasteiger charge is 2.62. The van der Waals surface area contributed by atoms with Gasteiger partial charge < -0.3 is 30.3 Å². The minimum atomic E-state index is -1.91. The molecule has 20 heavy (non-hydrogen) atoms. The Bertz CT molecular complexity index is 461. The molecule has 8 heteroatoms. The molecule has 1 amide bonds. The second-order valence-electron chi connectivity index (χ2n) is 5.11. The third-order valence-corrected chi connectivity index (χ3v) is 3.61. The third-order valence-electron chi connectivity index (χ3n) is 3.61. The van der Waals surface area contributed by atoms with Crippen LogP contribution < -0.4 is 5.32 Å². The van der Waals surface area contributed by atoms with Crippen LogP contribution >= 0.6 is 0 Å². The van der Waals surface area contributed by atoms with Gasteiger partial charge in [0, 0.05) is 12.3 Å². The molecule has 0 spiro atoms. The van der Waals surface area contributed by atoms with Crippen LogP contribution in [0, 0.1) is 0 Å². The molecule has 0 unspecified atom stereocenters. The topological polar surface area (TPSA) is 102 Å². The number of hydrogen-bond donors (Lipinski definition) is 4. The number of carbonyl (C=O) groups excluding carboxylic acids is 1. The summed E-state index contributed by atoms with van der Waals surface area (Å²) in [5.41, 5.74) is -3.78. The van der Waals surface area contributed by atoms with Crippen LogP contribution in [0.5, 0.6) is 0 Å². The van der Waals surface area contributed by atoms with E-state index in [9.17, 15) is 24.5 Å². The van der Waals surface area contributed by atoms with Crippen molar-refractivity contribution in [1.29, 1.82) is 0 Å². The zero-order valence-electron chi connectivity index (χ0n) is 10.9. The van der Waals surface area contributed by atoms with E-state index in [1.807, 2.05) is 0 Å². The van der Waals surface area contributed by atoms with Gasteiger partial charge in [-0.15, -0.1) is 0 Å². The lowest BCUT2D eigenvalue weighted by Gasteiger charge is -2.37. The van der Waals surface area contributed by atoms with Crippen molar-refractivity contribution in [2.75, 3.05) is 13.3 Å². The third kappa shape index (κ3) is 2.01. The molecule has 0 aromatic heterocycles. The molecule has 7 nitrogen and oxygen atoms in total. The number of halogens is 1. The summed E-state index contributed by atoms with van der Waals surface area (Å²) in [6, 6.07) is 0. The lowest BCUT2D eigenvalue weighted by molar-refractivity contribution is -0.148. The first kappa shape index (κ1) is 14.9. The van der Waals surface area contributed by atoms with Crippen molar-refractivity contribution in [3.05, 3.63) is 24.7 Å². The lowest BCUT2D eigenvalue weighted by atomic mass is 9.88. The maximum Gasteiger partial charge on any atom is 0.250 e. The van der Waals surface area contributed by atoms with Crippen LogP contribution in [0.1, 0.15) is 6.92 Å². The monoisotopic (exact) mass is 288 g/mol. The number of carbonyl (C=O) groups is 1. The summed E-state index contributed by atoms with van der Waals surface area (Å²) in [5, 5.41) is 32.1. The van der Waals surface area contributed by atoms with E-state index in [0.717, 1.165) is 0 Å². The van der Waals surface area contributed by atoms with E-state index in [2.05, 4.69) is 11.9 Å². The number of amides is 1. The van der Waals surface area contributed by atoms with Crippen LogP contribution in [-0.4, -0.2) is 62.9 Å². The first-order valence-corrected chi connectivity index (χ1v) is 6.00. The molecule has 112 valence electrons. The molecule has 0 bridgehead atoms. The van der Waals surface area contributed by atoms with Crippen molar-refractivity contribution in [2.24, 2.45) is 0 Å². The molecule has 2 aliphatic heterocycles. The van der Waals surface area contributed by atoms with Gasteiger partial charge in [0.2, 0.25) is 0 Å². The van der Waals surface area contributed by atoms with Gasteiger partial charge in [-0.1, -0.05) is 6.58 Å². The summed E-state index contributed by atoms with van der Waals surface area (Å²) >= 11 is 0. The summed E-state index contributed by atoms with van der Waals surface area (Å²) < 4.78 is 18.5. The molecule has 0 aliphatic carbocycles. The van der Waals surface area contributed by atoms with Crippen molar-refractivity contribution in [3.63, 3.8) is 0 Å². The van der Waals surface area contributed by atoms with Crippen molar-refractivity contribution in [1.82, 2.24) is 10.2 Å². The summed E-state index contributed by atoms with van der Waals surface area (Å²) in [6.07, 6.45) is -0.369. The molecule has 0 aromatic rings. The number of aliphatic hydroxyl groups excluding tert-OH is 2. The first-order valence-electron chi connectivity index (χ1n) is 6.00. The Morgan fingerprint density at radius 1 is 1.65 bits per heavy atom. The lowest BCUT2D eigenvalue weighted by Crippen LogP contribution is -2.55. The molecule has 4 atom stereocenters. The van der Waals surface area contributed by atoms with Crippen molar-refractivity contribution < 1.29 is 29.2 Å². The van der Waals surface area contributed by atoms with Gasteiger partial charge in [-0.25, -0.2) is 4.39 Å². The largest absolute Gasteiger partial charge is 0.393 e. The Hall–Kier alpha value is -1.48. The molecule has 2 heterocycles. The van der Waals surface area contributed by atoms with E-state index in [1.54, 1.807) is 0 Å². The van der Waals surface area contributed by atoms with E-state index >= 15 is 0 Å². The van der Waals surface area contributed by atoms with E-state index in [-0.39, 0.29) is 5.82 Å². The fraction of sp³-hybridized carbons (Fsp3) is 0.583. The van der Waals surface area contributed by atoms with Crippen LogP contribution in [0.4, 0.5) is 4.39 Å². The Morgan fingerprint density at radius 3 is 2.75 bits per heavy atom. The normalized spacial score (nSPS) is 41.1. The predicted molar refractivity (Wildman–Crippen MR) is 65.6 cm³/mol. The standard InChI is InChI=1S/C12H17FN2O5/c1-7-14-8(17)3-4-15(7)10-11(2,19)9(18)12(5-13,6-16)20-10/h3-4,9-10,16,18-19H,1,5-6H2,2H3,(H,14,17)/t9-,10+,11+,12+/m0/s1. The minimum absolute atomic E-state index is 0.113. The smallest absolute Gasteiger partial charge is 0.250 e. The highest BCUT2D eigenvalue weighted by Crippen LogP contribution is 2.41. The van der Waals surface area contributed by atoms with Crippen LogP contribution in [0.2, 0.25) is 0 Å². The summed E-state index contributed by atoms with van der Waals surface area (Å²) in [6.45, 7) is 2.88. The first-order chi connectivity index (χ1) is 9.28. The molecule has 2 aliphatic rings. The van der Waals surface area contributed by atoms with Gasteiger partial charge in [0.15, 0.2) is 11.8 Å². The number of hydrogen-bond acceptors (Lipinski definition) is 6.